The Kier molecular flexibility index (Phi) is 3.23. The molecule has 65 valence electrons. The standard InChI is InChI=1S/C10H13FN/c1-2-3-10(12)8-4-6-9(11)7-5-8/h2,4-7,10H,3,12H2,1H3. The number of benzene rings is 1. The van der Waals surface area contributed by atoms with E-state index in [1.165, 1.54) is 12.1 Å². The molecule has 1 unspecified atom stereocenters. The maximum absolute atomic E-state index is 12.5. The summed E-state index contributed by atoms with van der Waals surface area (Å²) >= 11 is 0. The van der Waals surface area contributed by atoms with Gasteiger partial charge in [0.25, 0.3) is 0 Å². The summed E-state index contributed by atoms with van der Waals surface area (Å²) in [5.41, 5.74) is 6.78. The monoisotopic (exact) mass is 166 g/mol. The van der Waals surface area contributed by atoms with Crippen molar-refractivity contribution in [1.29, 1.82) is 0 Å². The average Bonchev–Trinajstić information content (AvgIpc) is 2.06. The lowest BCUT2D eigenvalue weighted by molar-refractivity contribution is 0.624. The fourth-order valence-corrected chi connectivity index (χ4v) is 1.10. The van der Waals surface area contributed by atoms with E-state index in [9.17, 15) is 4.39 Å². The second-order valence-corrected chi connectivity index (χ2v) is 2.80. The van der Waals surface area contributed by atoms with Crippen LogP contribution in [-0.4, -0.2) is 0 Å². The van der Waals surface area contributed by atoms with Crippen LogP contribution in [0, 0.1) is 12.2 Å². The highest BCUT2D eigenvalue weighted by molar-refractivity contribution is 5.19. The molecule has 0 saturated heterocycles. The third-order valence-electron chi connectivity index (χ3n) is 1.79. The molecule has 0 fully saturated rings. The van der Waals surface area contributed by atoms with Crippen LogP contribution in [0.2, 0.25) is 0 Å². The van der Waals surface area contributed by atoms with Gasteiger partial charge < -0.3 is 5.73 Å². The van der Waals surface area contributed by atoms with Crippen LogP contribution in [0.4, 0.5) is 4.39 Å². The highest BCUT2D eigenvalue weighted by Gasteiger charge is 2.03. The van der Waals surface area contributed by atoms with Gasteiger partial charge in [0, 0.05) is 6.04 Å². The molecule has 1 nitrogen and oxygen atoms in total. The molecule has 0 amide bonds. The van der Waals surface area contributed by atoms with Crippen LogP contribution in [0.1, 0.15) is 24.9 Å². The highest BCUT2D eigenvalue weighted by atomic mass is 19.1. The lowest BCUT2D eigenvalue weighted by Gasteiger charge is -2.09. The van der Waals surface area contributed by atoms with Gasteiger partial charge in [-0.1, -0.05) is 19.1 Å². The van der Waals surface area contributed by atoms with E-state index < -0.39 is 0 Å². The lowest BCUT2D eigenvalue weighted by Crippen LogP contribution is -2.09. The van der Waals surface area contributed by atoms with E-state index in [1.807, 2.05) is 13.3 Å². The third-order valence-corrected chi connectivity index (χ3v) is 1.79. The van der Waals surface area contributed by atoms with Crippen molar-refractivity contribution in [2.45, 2.75) is 19.4 Å². The first-order valence-electron chi connectivity index (χ1n) is 4.03. The van der Waals surface area contributed by atoms with Crippen LogP contribution in [0.25, 0.3) is 0 Å². The van der Waals surface area contributed by atoms with E-state index in [4.69, 9.17) is 5.73 Å². The normalized spacial score (nSPS) is 12.9. The fourth-order valence-electron chi connectivity index (χ4n) is 1.10. The Labute approximate surface area is 72.4 Å². The molecule has 0 spiro atoms. The molecule has 2 heteroatoms. The van der Waals surface area contributed by atoms with Crippen LogP contribution in [0.3, 0.4) is 0 Å². The molecule has 0 aliphatic heterocycles. The first-order chi connectivity index (χ1) is 5.74. The quantitative estimate of drug-likeness (QED) is 0.733. The van der Waals surface area contributed by atoms with Crippen LogP contribution >= 0.6 is 0 Å². The van der Waals surface area contributed by atoms with E-state index in [0.717, 1.165) is 12.0 Å². The number of hydrogen-bond donors (Lipinski definition) is 1. The Morgan fingerprint density at radius 2 is 2.00 bits per heavy atom. The van der Waals surface area contributed by atoms with Gasteiger partial charge in [0.1, 0.15) is 5.82 Å². The summed E-state index contributed by atoms with van der Waals surface area (Å²) in [4.78, 5) is 0. The molecular formula is C10H13FN. The van der Waals surface area contributed by atoms with Crippen LogP contribution < -0.4 is 5.73 Å². The fraction of sp³-hybridized carbons (Fsp3) is 0.300. The van der Waals surface area contributed by atoms with E-state index in [-0.39, 0.29) is 11.9 Å². The highest BCUT2D eigenvalue weighted by Crippen LogP contribution is 2.14. The summed E-state index contributed by atoms with van der Waals surface area (Å²) in [6.45, 7) is 1.96. The number of hydrogen-bond acceptors (Lipinski definition) is 1. The first kappa shape index (κ1) is 9.20. The van der Waals surface area contributed by atoms with Crippen molar-refractivity contribution in [3.63, 3.8) is 0 Å². The lowest BCUT2D eigenvalue weighted by atomic mass is 10.0. The van der Waals surface area contributed by atoms with Crippen molar-refractivity contribution in [3.8, 4) is 0 Å². The molecule has 2 N–H and O–H groups in total. The van der Waals surface area contributed by atoms with Gasteiger partial charge in [0.2, 0.25) is 0 Å². The maximum Gasteiger partial charge on any atom is 0.123 e. The molecule has 1 radical (unpaired) electrons. The predicted molar refractivity (Wildman–Crippen MR) is 47.9 cm³/mol. The van der Waals surface area contributed by atoms with Crippen molar-refractivity contribution in [2.75, 3.05) is 0 Å². The second kappa shape index (κ2) is 4.21. The molecular weight excluding hydrogens is 153 g/mol. The molecule has 1 aromatic rings. The van der Waals surface area contributed by atoms with Gasteiger partial charge >= 0.3 is 0 Å². The summed E-state index contributed by atoms with van der Waals surface area (Å²) in [7, 11) is 0. The Bertz CT molecular complexity index is 230. The minimum atomic E-state index is -0.216. The van der Waals surface area contributed by atoms with Crippen LogP contribution in [0.5, 0.6) is 0 Å². The molecule has 0 bridgehead atoms. The SMILES string of the molecule is C[CH]CC(N)c1ccc(F)cc1. The van der Waals surface area contributed by atoms with Gasteiger partial charge in [-0.25, -0.2) is 4.39 Å². The Hall–Kier alpha value is -0.890. The first-order valence-corrected chi connectivity index (χ1v) is 4.03. The zero-order valence-electron chi connectivity index (χ0n) is 7.13. The Morgan fingerprint density at radius 3 is 2.50 bits per heavy atom. The average molecular weight is 166 g/mol. The van der Waals surface area contributed by atoms with Crippen LogP contribution in [0.15, 0.2) is 24.3 Å². The maximum atomic E-state index is 12.5. The van der Waals surface area contributed by atoms with Crippen molar-refractivity contribution < 1.29 is 4.39 Å². The van der Waals surface area contributed by atoms with Gasteiger partial charge in [-0.3, -0.25) is 0 Å². The van der Waals surface area contributed by atoms with E-state index in [0.29, 0.717) is 0 Å². The molecule has 0 aromatic heterocycles. The number of nitrogens with two attached hydrogens (primary N) is 1. The molecule has 0 saturated carbocycles. The third kappa shape index (κ3) is 2.31. The molecule has 12 heavy (non-hydrogen) atoms. The van der Waals surface area contributed by atoms with E-state index in [2.05, 4.69) is 0 Å². The summed E-state index contributed by atoms with van der Waals surface area (Å²) in [5.74, 6) is -0.216. The zero-order chi connectivity index (χ0) is 8.97. The van der Waals surface area contributed by atoms with Gasteiger partial charge in [-0.05, 0) is 30.5 Å². The topological polar surface area (TPSA) is 26.0 Å². The number of halogens is 1. The molecule has 0 aliphatic rings. The van der Waals surface area contributed by atoms with Crippen LogP contribution in [-0.2, 0) is 0 Å². The van der Waals surface area contributed by atoms with Gasteiger partial charge in [0.05, 0.1) is 0 Å². The number of rotatable bonds is 3. The van der Waals surface area contributed by atoms with E-state index >= 15 is 0 Å². The predicted octanol–water partition coefficient (Wildman–Crippen LogP) is 2.44. The second-order valence-electron chi connectivity index (χ2n) is 2.80. The summed E-state index contributed by atoms with van der Waals surface area (Å²) in [6.07, 6.45) is 2.83. The molecule has 0 aliphatic carbocycles. The zero-order valence-corrected chi connectivity index (χ0v) is 7.13. The van der Waals surface area contributed by atoms with E-state index in [1.54, 1.807) is 12.1 Å². The molecule has 1 aromatic carbocycles. The van der Waals surface area contributed by atoms with Crippen molar-refractivity contribution in [2.24, 2.45) is 5.73 Å². The summed E-state index contributed by atoms with van der Waals surface area (Å²) in [6, 6.07) is 6.32. The van der Waals surface area contributed by atoms with Crippen molar-refractivity contribution in [1.82, 2.24) is 0 Å². The minimum absolute atomic E-state index is 0.00407. The largest absolute Gasteiger partial charge is 0.324 e. The van der Waals surface area contributed by atoms with Gasteiger partial charge in [-0.2, -0.15) is 0 Å². The van der Waals surface area contributed by atoms with Crippen molar-refractivity contribution in [3.05, 3.63) is 42.1 Å². The van der Waals surface area contributed by atoms with Crippen molar-refractivity contribution >= 4 is 0 Å². The molecule has 0 heterocycles. The summed E-state index contributed by atoms with van der Waals surface area (Å²) < 4.78 is 12.5. The van der Waals surface area contributed by atoms with Gasteiger partial charge in [-0.15, -0.1) is 0 Å². The Morgan fingerprint density at radius 1 is 1.42 bits per heavy atom. The molecule has 1 rings (SSSR count). The minimum Gasteiger partial charge on any atom is -0.324 e. The smallest absolute Gasteiger partial charge is 0.123 e. The van der Waals surface area contributed by atoms with Gasteiger partial charge in [0.15, 0.2) is 0 Å². The Balaban J connectivity index is 2.68. The summed E-state index contributed by atoms with van der Waals surface area (Å²) in [5, 5.41) is 0. The molecule has 1 atom stereocenters.